The Morgan fingerprint density at radius 3 is 2.55 bits per heavy atom. The highest BCUT2D eigenvalue weighted by Crippen LogP contribution is 2.22. The van der Waals surface area contributed by atoms with Crippen LogP contribution in [0.3, 0.4) is 0 Å². The lowest BCUT2D eigenvalue weighted by molar-refractivity contribution is -0.0954. The van der Waals surface area contributed by atoms with Crippen LogP contribution in [0.5, 0.6) is 0 Å². The van der Waals surface area contributed by atoms with Gasteiger partial charge in [-0.1, -0.05) is 30.3 Å². The molecule has 2 rings (SSSR count). The van der Waals surface area contributed by atoms with Crippen molar-refractivity contribution in [3.8, 4) is 0 Å². The van der Waals surface area contributed by atoms with Gasteiger partial charge in [0.2, 0.25) is 5.96 Å². The van der Waals surface area contributed by atoms with Crippen LogP contribution in [0.4, 0.5) is 0 Å². The maximum Gasteiger partial charge on any atom is 0.260 e. The monoisotopic (exact) mass is 277 g/mol. The average molecular weight is 277 g/mol. The Labute approximate surface area is 118 Å². The van der Waals surface area contributed by atoms with Gasteiger partial charge in [0, 0.05) is 21.3 Å². The SMILES string of the molecule is COC(N=C1NC(N)=NC(c2ccccc2)N1C)OC. The predicted molar refractivity (Wildman–Crippen MR) is 76.9 cm³/mol. The van der Waals surface area contributed by atoms with Gasteiger partial charge in [0.1, 0.15) is 0 Å². The first kappa shape index (κ1) is 14.3. The molecule has 1 aromatic rings. The summed E-state index contributed by atoms with van der Waals surface area (Å²) >= 11 is 0. The van der Waals surface area contributed by atoms with Crippen LogP contribution in [-0.4, -0.2) is 44.5 Å². The van der Waals surface area contributed by atoms with Crippen LogP contribution in [0.1, 0.15) is 11.7 Å². The molecule has 1 unspecified atom stereocenters. The van der Waals surface area contributed by atoms with Crippen molar-refractivity contribution in [3.05, 3.63) is 35.9 Å². The van der Waals surface area contributed by atoms with Gasteiger partial charge >= 0.3 is 0 Å². The van der Waals surface area contributed by atoms with E-state index in [1.807, 2.05) is 42.3 Å². The summed E-state index contributed by atoms with van der Waals surface area (Å²) in [6.07, 6.45) is -0.923. The van der Waals surface area contributed by atoms with Crippen LogP contribution in [0.25, 0.3) is 0 Å². The van der Waals surface area contributed by atoms with Crippen LogP contribution in [0, 0.1) is 0 Å². The van der Waals surface area contributed by atoms with Gasteiger partial charge in [-0.3, -0.25) is 5.32 Å². The first-order valence-electron chi connectivity index (χ1n) is 6.17. The van der Waals surface area contributed by atoms with Crippen molar-refractivity contribution >= 4 is 11.9 Å². The molecule has 0 spiro atoms. The minimum atomic E-state index is -0.692. The van der Waals surface area contributed by atoms with Crippen LogP contribution in [-0.2, 0) is 9.47 Å². The number of rotatable bonds is 4. The van der Waals surface area contributed by atoms with Gasteiger partial charge in [0.05, 0.1) is 0 Å². The summed E-state index contributed by atoms with van der Waals surface area (Å²) in [5.41, 5.74) is 6.85. The molecule has 1 aliphatic heterocycles. The predicted octanol–water partition coefficient (Wildman–Crippen LogP) is 0.467. The van der Waals surface area contributed by atoms with Gasteiger partial charge in [-0.15, -0.1) is 0 Å². The Kier molecular flexibility index (Phi) is 4.54. The van der Waals surface area contributed by atoms with E-state index in [0.29, 0.717) is 11.9 Å². The van der Waals surface area contributed by atoms with E-state index in [-0.39, 0.29) is 6.17 Å². The molecule has 0 radical (unpaired) electrons. The van der Waals surface area contributed by atoms with Crippen molar-refractivity contribution in [2.45, 2.75) is 12.6 Å². The lowest BCUT2D eigenvalue weighted by Gasteiger charge is -2.33. The molecule has 0 fully saturated rings. The minimum Gasteiger partial charge on any atom is -0.370 e. The molecule has 1 heterocycles. The zero-order chi connectivity index (χ0) is 14.5. The topological polar surface area (TPSA) is 84.5 Å². The normalized spacial score (nSPS) is 21.0. The molecule has 0 saturated carbocycles. The Morgan fingerprint density at radius 2 is 1.95 bits per heavy atom. The fourth-order valence-corrected chi connectivity index (χ4v) is 1.92. The maximum absolute atomic E-state index is 5.82. The Balaban J connectivity index is 2.30. The van der Waals surface area contributed by atoms with E-state index >= 15 is 0 Å². The standard InChI is InChI=1S/C13H19N5O2/c1-18-10(9-7-5-4-6-8-9)15-11(14)16-12(18)17-13(19-2)20-3/h4-8,10,13H,1-3H3,(H3,14,15,16,17). The smallest absolute Gasteiger partial charge is 0.260 e. The Morgan fingerprint density at radius 1 is 1.30 bits per heavy atom. The number of guanidine groups is 2. The van der Waals surface area contributed by atoms with Gasteiger partial charge < -0.3 is 20.1 Å². The second-order valence-corrected chi connectivity index (χ2v) is 4.27. The zero-order valence-corrected chi connectivity index (χ0v) is 11.8. The number of nitrogens with one attached hydrogen (secondary N) is 1. The highest BCUT2D eigenvalue weighted by atomic mass is 16.7. The van der Waals surface area contributed by atoms with Gasteiger partial charge in [-0.25, -0.2) is 4.99 Å². The molecular weight excluding hydrogens is 258 g/mol. The quantitative estimate of drug-likeness (QED) is 0.781. The number of benzene rings is 1. The second kappa shape index (κ2) is 6.36. The molecule has 7 heteroatoms. The molecule has 7 nitrogen and oxygen atoms in total. The fraction of sp³-hybridized carbons (Fsp3) is 0.385. The number of aliphatic imine (C=N–C) groups is 2. The first-order valence-corrected chi connectivity index (χ1v) is 6.17. The summed E-state index contributed by atoms with van der Waals surface area (Å²) in [6.45, 7) is 0. The van der Waals surface area contributed by atoms with Crippen LogP contribution in [0.15, 0.2) is 40.3 Å². The van der Waals surface area contributed by atoms with E-state index < -0.39 is 6.41 Å². The summed E-state index contributed by atoms with van der Waals surface area (Å²) in [7, 11) is 4.92. The van der Waals surface area contributed by atoms with Crippen molar-refractivity contribution in [3.63, 3.8) is 0 Å². The van der Waals surface area contributed by atoms with Crippen molar-refractivity contribution in [2.75, 3.05) is 21.3 Å². The highest BCUT2D eigenvalue weighted by Gasteiger charge is 2.25. The molecular formula is C13H19N5O2. The van der Waals surface area contributed by atoms with Crippen molar-refractivity contribution in [2.24, 2.45) is 15.7 Å². The van der Waals surface area contributed by atoms with Gasteiger partial charge in [0.15, 0.2) is 12.1 Å². The van der Waals surface area contributed by atoms with E-state index in [9.17, 15) is 0 Å². The lowest BCUT2D eigenvalue weighted by atomic mass is 10.1. The first-order chi connectivity index (χ1) is 9.65. The lowest BCUT2D eigenvalue weighted by Crippen LogP contribution is -2.51. The third-order valence-corrected chi connectivity index (χ3v) is 2.93. The molecule has 1 aliphatic rings. The zero-order valence-electron chi connectivity index (χ0n) is 11.8. The molecule has 20 heavy (non-hydrogen) atoms. The summed E-state index contributed by atoms with van der Waals surface area (Å²) in [5, 5.41) is 2.91. The van der Waals surface area contributed by atoms with Crippen molar-refractivity contribution in [1.82, 2.24) is 10.2 Å². The van der Waals surface area contributed by atoms with E-state index in [4.69, 9.17) is 15.2 Å². The van der Waals surface area contributed by atoms with Crippen LogP contribution in [0.2, 0.25) is 0 Å². The number of ether oxygens (including phenoxy) is 2. The molecule has 108 valence electrons. The van der Waals surface area contributed by atoms with Gasteiger partial charge in [-0.05, 0) is 5.56 Å². The van der Waals surface area contributed by atoms with Crippen molar-refractivity contribution in [1.29, 1.82) is 0 Å². The number of nitrogens with two attached hydrogens (primary N) is 1. The van der Waals surface area contributed by atoms with Crippen LogP contribution >= 0.6 is 0 Å². The molecule has 0 saturated heterocycles. The third-order valence-electron chi connectivity index (χ3n) is 2.93. The Bertz CT molecular complexity index is 499. The molecule has 1 aromatic carbocycles. The van der Waals surface area contributed by atoms with E-state index in [2.05, 4.69) is 15.3 Å². The summed E-state index contributed by atoms with van der Waals surface area (Å²) in [5.74, 6) is 0.849. The third kappa shape index (κ3) is 3.06. The number of methoxy groups -OCH3 is 2. The molecule has 0 amide bonds. The molecule has 0 bridgehead atoms. The Hall–Kier alpha value is -2.12. The van der Waals surface area contributed by atoms with Gasteiger partial charge in [-0.2, -0.15) is 4.99 Å². The fourth-order valence-electron chi connectivity index (χ4n) is 1.92. The van der Waals surface area contributed by atoms with Crippen LogP contribution < -0.4 is 11.1 Å². The largest absolute Gasteiger partial charge is 0.370 e. The minimum absolute atomic E-state index is 0.231. The summed E-state index contributed by atoms with van der Waals surface area (Å²) < 4.78 is 10.1. The van der Waals surface area contributed by atoms with Gasteiger partial charge in [0.25, 0.3) is 6.41 Å². The number of hydrogen-bond donors (Lipinski definition) is 2. The van der Waals surface area contributed by atoms with E-state index in [0.717, 1.165) is 5.56 Å². The second-order valence-electron chi connectivity index (χ2n) is 4.27. The maximum atomic E-state index is 5.82. The molecule has 0 aromatic heterocycles. The summed E-state index contributed by atoms with van der Waals surface area (Å²) in [4.78, 5) is 10.6. The summed E-state index contributed by atoms with van der Waals surface area (Å²) in [6, 6.07) is 9.86. The molecule has 3 N–H and O–H groups in total. The molecule has 1 atom stereocenters. The average Bonchev–Trinajstić information content (AvgIpc) is 2.48. The number of nitrogens with zero attached hydrogens (tertiary/aromatic N) is 3. The van der Waals surface area contributed by atoms with Crippen molar-refractivity contribution < 1.29 is 9.47 Å². The van der Waals surface area contributed by atoms with E-state index in [1.54, 1.807) is 0 Å². The molecule has 0 aliphatic carbocycles. The number of hydrogen-bond acceptors (Lipinski definition) is 5. The van der Waals surface area contributed by atoms with E-state index in [1.165, 1.54) is 14.2 Å². The highest BCUT2D eigenvalue weighted by molar-refractivity contribution is 5.99.